The van der Waals surface area contributed by atoms with E-state index in [1.54, 1.807) is 0 Å². The average Bonchev–Trinajstić information content (AvgIpc) is 3.24. The number of piperidine rings is 1. The zero-order chi connectivity index (χ0) is 27.3. The Morgan fingerprint density at radius 1 is 1.18 bits per heavy atom. The number of nitrogens with zero attached hydrogens (tertiary/aromatic N) is 2. The van der Waals surface area contributed by atoms with Crippen LogP contribution in [0.3, 0.4) is 0 Å². The first-order chi connectivity index (χ1) is 18.1. The van der Waals surface area contributed by atoms with Crippen LogP contribution in [0, 0.1) is 11.6 Å². The summed E-state index contributed by atoms with van der Waals surface area (Å²) < 4.78 is 55.2. The van der Waals surface area contributed by atoms with E-state index in [9.17, 15) is 27.1 Å². The lowest BCUT2D eigenvalue weighted by molar-refractivity contribution is 0.00513. The molecule has 1 saturated carbocycles. The average molecular weight is 572 g/mol. The van der Waals surface area contributed by atoms with Gasteiger partial charge >= 0.3 is 0 Å². The molecule has 1 aliphatic heterocycles. The third-order valence-electron chi connectivity index (χ3n) is 7.22. The maximum absolute atomic E-state index is 14.0. The third-order valence-corrected chi connectivity index (χ3v) is 10.2. The van der Waals surface area contributed by atoms with Gasteiger partial charge in [-0.2, -0.15) is 0 Å². The van der Waals surface area contributed by atoms with Gasteiger partial charge in [0.05, 0.1) is 16.9 Å². The maximum atomic E-state index is 14.0. The first kappa shape index (κ1) is 28.8. The van der Waals surface area contributed by atoms with Gasteiger partial charge in [0, 0.05) is 25.7 Å². The van der Waals surface area contributed by atoms with Crippen LogP contribution in [-0.2, 0) is 10.0 Å². The largest absolute Gasteiger partial charge is 0.389 e. The van der Waals surface area contributed by atoms with Crippen LogP contribution in [0.15, 0.2) is 18.2 Å². The molecule has 2 heterocycles. The number of benzene rings is 1. The Labute approximate surface area is 225 Å². The van der Waals surface area contributed by atoms with E-state index >= 15 is 0 Å². The van der Waals surface area contributed by atoms with Gasteiger partial charge in [-0.15, -0.1) is 0 Å². The van der Waals surface area contributed by atoms with Crippen LogP contribution in [0.5, 0.6) is 0 Å². The number of aromatic nitrogens is 1. The number of hydrogen-bond acceptors (Lipinski definition) is 9. The minimum Gasteiger partial charge on any atom is -0.389 e. The number of rotatable bonds is 11. The van der Waals surface area contributed by atoms with E-state index in [0.717, 1.165) is 55.6 Å². The number of ketones is 1. The van der Waals surface area contributed by atoms with Crippen LogP contribution in [0.2, 0.25) is 0 Å². The summed E-state index contributed by atoms with van der Waals surface area (Å²) in [6, 6.07) is 3.11. The molecule has 210 valence electrons. The Bertz CT molecular complexity index is 1210. The van der Waals surface area contributed by atoms with Crippen molar-refractivity contribution in [3.8, 4) is 0 Å². The van der Waals surface area contributed by atoms with E-state index in [1.165, 1.54) is 10.4 Å². The molecule has 38 heavy (non-hydrogen) atoms. The zero-order valence-corrected chi connectivity index (χ0v) is 22.9. The lowest BCUT2D eigenvalue weighted by Gasteiger charge is -2.32. The summed E-state index contributed by atoms with van der Waals surface area (Å²) in [5.41, 5.74) is 4.52. The van der Waals surface area contributed by atoms with Crippen molar-refractivity contribution in [2.24, 2.45) is 0 Å². The standard InChI is InChI=1S/C25H35F2N5O4S2/c26-18-6-4-7-19(27)20(18)21(33)22-23(28)31-24(37-22)30-17-8-13-32(14-9-17)38(35,36)15-5-12-29-16-25(34)10-2-1-3-11-25/h4,6-7,17,29,34H,1-3,5,8-16,28H2,(H,30,31). The summed E-state index contributed by atoms with van der Waals surface area (Å²) >= 11 is 0.919. The minimum atomic E-state index is -3.40. The van der Waals surface area contributed by atoms with Crippen molar-refractivity contribution < 1.29 is 27.1 Å². The van der Waals surface area contributed by atoms with Gasteiger partial charge in [0.1, 0.15) is 22.3 Å². The van der Waals surface area contributed by atoms with Crippen molar-refractivity contribution in [3.05, 3.63) is 40.3 Å². The van der Waals surface area contributed by atoms with Crippen LogP contribution >= 0.6 is 11.3 Å². The molecule has 2 aliphatic rings. The Morgan fingerprint density at radius 3 is 2.50 bits per heavy atom. The summed E-state index contributed by atoms with van der Waals surface area (Å²) in [5.74, 6) is -2.88. The number of nitrogens with one attached hydrogen (secondary N) is 2. The minimum absolute atomic E-state index is 0.0393. The highest BCUT2D eigenvalue weighted by atomic mass is 32.2. The molecular weight excluding hydrogens is 536 g/mol. The van der Waals surface area contributed by atoms with Gasteiger partial charge in [0.15, 0.2) is 5.13 Å². The fourth-order valence-electron chi connectivity index (χ4n) is 5.05. The van der Waals surface area contributed by atoms with Crippen molar-refractivity contribution in [2.75, 3.05) is 43.0 Å². The van der Waals surface area contributed by atoms with Gasteiger partial charge in [0.2, 0.25) is 15.8 Å². The van der Waals surface area contributed by atoms with Crippen LogP contribution in [0.4, 0.5) is 19.7 Å². The Balaban J connectivity index is 1.23. The number of aliphatic hydroxyl groups is 1. The van der Waals surface area contributed by atoms with Crippen molar-refractivity contribution in [3.63, 3.8) is 0 Å². The first-order valence-corrected chi connectivity index (χ1v) is 15.4. The highest BCUT2D eigenvalue weighted by molar-refractivity contribution is 7.89. The van der Waals surface area contributed by atoms with E-state index in [2.05, 4.69) is 15.6 Å². The lowest BCUT2D eigenvalue weighted by Crippen LogP contribution is -2.44. The number of carbonyl (C=O) groups excluding carboxylic acids is 1. The molecule has 1 aromatic heterocycles. The highest BCUT2D eigenvalue weighted by Crippen LogP contribution is 2.31. The third kappa shape index (κ3) is 7.06. The predicted molar refractivity (Wildman–Crippen MR) is 144 cm³/mol. The number of nitrogens with two attached hydrogens (primary N) is 1. The van der Waals surface area contributed by atoms with Gasteiger partial charge in [-0.05, 0) is 50.8 Å². The monoisotopic (exact) mass is 571 g/mol. The summed E-state index contributed by atoms with van der Waals surface area (Å²) in [5, 5.41) is 17.3. The van der Waals surface area contributed by atoms with Gasteiger partial charge < -0.3 is 21.5 Å². The normalized spacial score (nSPS) is 18.9. The molecule has 5 N–H and O–H groups in total. The number of carbonyl (C=O) groups is 1. The summed E-state index contributed by atoms with van der Waals surface area (Å²) in [4.78, 5) is 16.8. The van der Waals surface area contributed by atoms with E-state index in [0.29, 0.717) is 50.6 Å². The molecule has 9 nitrogen and oxygen atoms in total. The molecule has 4 rings (SSSR count). The van der Waals surface area contributed by atoms with Gasteiger partial charge in [-0.25, -0.2) is 26.5 Å². The van der Waals surface area contributed by atoms with Gasteiger partial charge in [0.25, 0.3) is 0 Å². The summed E-state index contributed by atoms with van der Waals surface area (Å²) in [6.45, 7) is 1.72. The van der Waals surface area contributed by atoms with Gasteiger partial charge in [-0.1, -0.05) is 36.7 Å². The molecular formula is C25H35F2N5O4S2. The fourth-order valence-corrected chi connectivity index (χ4v) is 7.50. The number of sulfonamides is 1. The molecule has 1 aromatic carbocycles. The Morgan fingerprint density at radius 2 is 1.84 bits per heavy atom. The molecule has 1 saturated heterocycles. The second-order valence-corrected chi connectivity index (χ2v) is 13.2. The molecule has 2 aromatic rings. The Kier molecular flexibility index (Phi) is 9.35. The van der Waals surface area contributed by atoms with Crippen LogP contribution < -0.4 is 16.4 Å². The summed E-state index contributed by atoms with van der Waals surface area (Å²) in [7, 11) is -3.40. The fraction of sp³-hybridized carbons (Fsp3) is 0.600. The predicted octanol–water partition coefficient (Wildman–Crippen LogP) is 3.12. The molecule has 0 atom stereocenters. The topological polar surface area (TPSA) is 138 Å². The highest BCUT2D eigenvalue weighted by Gasteiger charge is 2.30. The van der Waals surface area contributed by atoms with Crippen molar-refractivity contribution in [1.82, 2.24) is 14.6 Å². The van der Waals surface area contributed by atoms with E-state index in [-0.39, 0.29) is 22.5 Å². The summed E-state index contributed by atoms with van der Waals surface area (Å²) in [6.07, 6.45) is 6.33. The number of hydrogen-bond donors (Lipinski definition) is 4. The molecule has 2 fully saturated rings. The SMILES string of the molecule is Nc1nc(NC2CCN(S(=O)(=O)CCCNCC3(O)CCCCC3)CC2)sc1C(=O)c1c(F)cccc1F. The molecule has 1 aliphatic carbocycles. The van der Waals surface area contributed by atoms with Crippen molar-refractivity contribution in [2.45, 2.75) is 63.0 Å². The molecule has 0 unspecified atom stereocenters. The smallest absolute Gasteiger partial charge is 0.214 e. The van der Waals surface area contributed by atoms with Crippen molar-refractivity contribution >= 4 is 38.1 Å². The lowest BCUT2D eigenvalue weighted by atomic mass is 9.85. The molecule has 0 radical (unpaired) electrons. The van der Waals surface area contributed by atoms with Crippen LogP contribution in [-0.4, -0.2) is 72.2 Å². The maximum Gasteiger partial charge on any atom is 0.214 e. The number of nitrogen functional groups attached to an aromatic ring is 1. The zero-order valence-electron chi connectivity index (χ0n) is 21.2. The van der Waals surface area contributed by atoms with Crippen LogP contribution in [0.25, 0.3) is 0 Å². The van der Waals surface area contributed by atoms with E-state index in [1.807, 2.05) is 0 Å². The molecule has 0 spiro atoms. The number of thiazole rings is 1. The first-order valence-electron chi connectivity index (χ1n) is 13.0. The van der Waals surface area contributed by atoms with E-state index < -0.39 is 38.6 Å². The number of halogens is 2. The molecule has 0 bridgehead atoms. The van der Waals surface area contributed by atoms with E-state index in [4.69, 9.17) is 5.73 Å². The molecule has 0 amide bonds. The second-order valence-electron chi connectivity index (χ2n) is 10.1. The second kappa shape index (κ2) is 12.3. The number of anilines is 2. The van der Waals surface area contributed by atoms with Crippen molar-refractivity contribution in [1.29, 1.82) is 0 Å². The Hall–Kier alpha value is -2.19. The molecule has 13 heteroatoms. The quantitative estimate of drug-likeness (QED) is 0.239. The van der Waals surface area contributed by atoms with Crippen LogP contribution in [0.1, 0.15) is 66.6 Å². The van der Waals surface area contributed by atoms with Gasteiger partial charge in [-0.3, -0.25) is 4.79 Å².